The Morgan fingerprint density at radius 1 is 1.38 bits per heavy atom. The van der Waals surface area contributed by atoms with E-state index in [0.29, 0.717) is 5.69 Å². The number of hydrogen-bond donors (Lipinski definition) is 1. The number of para-hydroxylation sites is 1. The van der Waals surface area contributed by atoms with Crippen molar-refractivity contribution in [1.82, 2.24) is 0 Å². The van der Waals surface area contributed by atoms with Crippen LogP contribution < -0.4 is 4.90 Å². The first kappa shape index (κ1) is 10.7. The van der Waals surface area contributed by atoms with Gasteiger partial charge in [0.05, 0.1) is 5.41 Å². The molecule has 0 saturated heterocycles. The third-order valence-electron chi connectivity index (χ3n) is 2.94. The van der Waals surface area contributed by atoms with Crippen LogP contribution in [0.25, 0.3) is 0 Å². The minimum absolute atomic E-state index is 0.156. The number of amides is 1. The number of carbonyl (C=O) groups excluding carboxylic acids is 1. The molecule has 2 rings (SSSR count). The van der Waals surface area contributed by atoms with Gasteiger partial charge in [-0.2, -0.15) is 0 Å². The van der Waals surface area contributed by atoms with E-state index in [1.165, 1.54) is 4.90 Å². The SMILES string of the molecule is CC1(C)C(=O)N(CC(=O)O)c2ccccc21. The summed E-state index contributed by atoms with van der Waals surface area (Å²) in [6.45, 7) is 3.35. The summed E-state index contributed by atoms with van der Waals surface area (Å²) in [6.07, 6.45) is 0. The van der Waals surface area contributed by atoms with E-state index >= 15 is 0 Å². The number of benzene rings is 1. The quantitative estimate of drug-likeness (QED) is 0.817. The van der Waals surface area contributed by atoms with E-state index in [0.717, 1.165) is 5.56 Å². The van der Waals surface area contributed by atoms with Gasteiger partial charge in [-0.1, -0.05) is 18.2 Å². The fourth-order valence-electron chi connectivity index (χ4n) is 2.09. The molecule has 1 heterocycles. The molecule has 0 bridgehead atoms. The van der Waals surface area contributed by atoms with Gasteiger partial charge in [0.15, 0.2) is 0 Å². The minimum atomic E-state index is -0.999. The normalized spacial score (nSPS) is 17.4. The van der Waals surface area contributed by atoms with Gasteiger partial charge in [-0.25, -0.2) is 0 Å². The molecule has 84 valence electrons. The molecule has 0 aliphatic carbocycles. The molecule has 1 aromatic rings. The lowest BCUT2D eigenvalue weighted by molar-refractivity contribution is -0.137. The number of carboxylic acid groups (broad SMARTS) is 1. The Bertz CT molecular complexity index is 465. The molecule has 0 aromatic heterocycles. The van der Waals surface area contributed by atoms with Gasteiger partial charge in [0.2, 0.25) is 5.91 Å². The summed E-state index contributed by atoms with van der Waals surface area (Å²) in [5.41, 5.74) is 0.965. The highest BCUT2D eigenvalue weighted by Crippen LogP contribution is 2.40. The zero-order chi connectivity index (χ0) is 11.9. The standard InChI is InChI=1S/C12H13NO3/c1-12(2)8-5-3-4-6-9(8)13(11(12)16)7-10(14)15/h3-6H,7H2,1-2H3,(H,14,15). The predicted molar refractivity (Wildman–Crippen MR) is 59.5 cm³/mol. The number of fused-ring (bicyclic) bond motifs is 1. The number of nitrogens with zero attached hydrogens (tertiary/aromatic N) is 1. The van der Waals surface area contributed by atoms with Crippen LogP contribution in [0.3, 0.4) is 0 Å². The molecule has 0 atom stereocenters. The van der Waals surface area contributed by atoms with Crippen molar-refractivity contribution in [2.75, 3.05) is 11.4 Å². The highest BCUT2D eigenvalue weighted by Gasteiger charge is 2.43. The van der Waals surface area contributed by atoms with Crippen LogP contribution in [0.2, 0.25) is 0 Å². The van der Waals surface area contributed by atoms with Gasteiger partial charge in [-0.15, -0.1) is 0 Å². The van der Waals surface area contributed by atoms with Gasteiger partial charge in [-0.05, 0) is 25.5 Å². The molecule has 0 saturated carbocycles. The van der Waals surface area contributed by atoms with Crippen molar-refractivity contribution in [2.45, 2.75) is 19.3 Å². The summed E-state index contributed by atoms with van der Waals surface area (Å²) in [5.74, 6) is -1.16. The molecule has 0 fully saturated rings. The third kappa shape index (κ3) is 1.38. The maximum Gasteiger partial charge on any atom is 0.323 e. The second kappa shape index (κ2) is 3.33. The molecule has 0 unspecified atom stereocenters. The molecular formula is C12H13NO3. The van der Waals surface area contributed by atoms with Crippen LogP contribution in [0, 0.1) is 0 Å². The smallest absolute Gasteiger partial charge is 0.323 e. The van der Waals surface area contributed by atoms with Crippen molar-refractivity contribution in [2.24, 2.45) is 0 Å². The number of hydrogen-bond acceptors (Lipinski definition) is 2. The predicted octanol–water partition coefficient (Wildman–Crippen LogP) is 1.40. The van der Waals surface area contributed by atoms with Crippen molar-refractivity contribution in [3.05, 3.63) is 29.8 Å². The van der Waals surface area contributed by atoms with Crippen LogP contribution in [0.5, 0.6) is 0 Å². The first-order chi connectivity index (χ1) is 7.44. The van der Waals surface area contributed by atoms with Crippen LogP contribution in [-0.2, 0) is 15.0 Å². The molecule has 0 spiro atoms. The Morgan fingerprint density at radius 2 is 2.00 bits per heavy atom. The summed E-state index contributed by atoms with van der Waals surface area (Å²) >= 11 is 0. The average molecular weight is 219 g/mol. The molecule has 1 amide bonds. The lowest BCUT2D eigenvalue weighted by atomic mass is 9.86. The Labute approximate surface area is 93.5 Å². The summed E-state index contributed by atoms with van der Waals surface area (Å²) < 4.78 is 0. The molecule has 1 aromatic carbocycles. The highest BCUT2D eigenvalue weighted by atomic mass is 16.4. The van der Waals surface area contributed by atoms with Crippen molar-refractivity contribution >= 4 is 17.6 Å². The fraction of sp³-hybridized carbons (Fsp3) is 0.333. The maximum atomic E-state index is 12.1. The Balaban J connectivity index is 2.51. The van der Waals surface area contributed by atoms with Crippen LogP contribution in [0.15, 0.2) is 24.3 Å². The molecule has 4 nitrogen and oxygen atoms in total. The van der Waals surface area contributed by atoms with Gasteiger partial charge in [-0.3, -0.25) is 9.59 Å². The second-order valence-electron chi connectivity index (χ2n) is 4.43. The van der Waals surface area contributed by atoms with E-state index in [-0.39, 0.29) is 12.5 Å². The Kier molecular flexibility index (Phi) is 2.22. The molecule has 1 aliphatic rings. The zero-order valence-corrected chi connectivity index (χ0v) is 9.23. The van der Waals surface area contributed by atoms with Crippen LogP contribution in [-0.4, -0.2) is 23.5 Å². The molecule has 4 heteroatoms. The van der Waals surface area contributed by atoms with E-state index in [1.807, 2.05) is 32.0 Å². The third-order valence-corrected chi connectivity index (χ3v) is 2.94. The lowest BCUT2D eigenvalue weighted by Gasteiger charge is -2.18. The topological polar surface area (TPSA) is 57.6 Å². The van der Waals surface area contributed by atoms with Crippen molar-refractivity contribution in [3.8, 4) is 0 Å². The molecule has 1 aliphatic heterocycles. The molecule has 16 heavy (non-hydrogen) atoms. The highest BCUT2D eigenvalue weighted by molar-refractivity contribution is 6.09. The number of aliphatic carboxylic acids is 1. The first-order valence-corrected chi connectivity index (χ1v) is 5.08. The summed E-state index contributed by atoms with van der Waals surface area (Å²) in [7, 11) is 0. The van der Waals surface area contributed by atoms with Gasteiger partial charge >= 0.3 is 5.97 Å². The molecule has 1 N–H and O–H groups in total. The van der Waals surface area contributed by atoms with Crippen molar-refractivity contribution in [3.63, 3.8) is 0 Å². The molecular weight excluding hydrogens is 206 g/mol. The molecule has 0 radical (unpaired) electrons. The van der Waals surface area contributed by atoms with Crippen LogP contribution in [0.4, 0.5) is 5.69 Å². The number of anilines is 1. The monoisotopic (exact) mass is 219 g/mol. The number of carboxylic acids is 1. The average Bonchev–Trinajstić information content (AvgIpc) is 2.41. The van der Waals surface area contributed by atoms with Crippen molar-refractivity contribution in [1.29, 1.82) is 0 Å². The Hall–Kier alpha value is -1.84. The summed E-state index contributed by atoms with van der Waals surface area (Å²) in [4.78, 5) is 24.1. The van der Waals surface area contributed by atoms with E-state index in [4.69, 9.17) is 5.11 Å². The van der Waals surface area contributed by atoms with E-state index in [2.05, 4.69) is 0 Å². The van der Waals surface area contributed by atoms with Crippen molar-refractivity contribution < 1.29 is 14.7 Å². The summed E-state index contributed by atoms with van der Waals surface area (Å²) in [5, 5.41) is 8.79. The van der Waals surface area contributed by atoms with Crippen LogP contribution >= 0.6 is 0 Å². The Morgan fingerprint density at radius 3 is 2.62 bits per heavy atom. The maximum absolute atomic E-state index is 12.1. The number of carbonyl (C=O) groups is 2. The van der Waals surface area contributed by atoms with E-state index in [1.54, 1.807) is 6.07 Å². The minimum Gasteiger partial charge on any atom is -0.480 e. The van der Waals surface area contributed by atoms with Gasteiger partial charge in [0.25, 0.3) is 0 Å². The largest absolute Gasteiger partial charge is 0.480 e. The van der Waals surface area contributed by atoms with Gasteiger partial charge in [0.1, 0.15) is 6.54 Å². The fourth-order valence-corrected chi connectivity index (χ4v) is 2.09. The van der Waals surface area contributed by atoms with Crippen LogP contribution in [0.1, 0.15) is 19.4 Å². The van der Waals surface area contributed by atoms with E-state index in [9.17, 15) is 9.59 Å². The first-order valence-electron chi connectivity index (χ1n) is 5.08. The lowest BCUT2D eigenvalue weighted by Crippen LogP contribution is -2.39. The zero-order valence-electron chi connectivity index (χ0n) is 9.23. The second-order valence-corrected chi connectivity index (χ2v) is 4.43. The van der Waals surface area contributed by atoms with Gasteiger partial charge < -0.3 is 10.0 Å². The van der Waals surface area contributed by atoms with Gasteiger partial charge in [0, 0.05) is 5.69 Å². The summed E-state index contributed by atoms with van der Waals surface area (Å²) in [6, 6.07) is 7.32. The van der Waals surface area contributed by atoms with E-state index < -0.39 is 11.4 Å². The number of rotatable bonds is 2.